The average molecular weight is 791 g/mol. The second-order valence-electron chi connectivity index (χ2n) is 16.6. The maximum absolute atomic E-state index is 14.2. The van der Waals surface area contributed by atoms with Crippen LogP contribution in [-0.4, -0.2) is 42.9 Å². The Kier molecular flexibility index (Phi) is 10.1. The Labute approximate surface area is 351 Å². The molecular weight excluding hydrogens is 743 g/mol. The summed E-state index contributed by atoms with van der Waals surface area (Å²) >= 11 is 0. The maximum Gasteiger partial charge on any atom is 0.277 e. The normalized spacial score (nSPS) is 17.4. The van der Waals surface area contributed by atoms with E-state index in [1.165, 1.54) is 5.01 Å². The number of piperidine rings is 1. The zero-order valence-corrected chi connectivity index (χ0v) is 34.3. The van der Waals surface area contributed by atoms with Gasteiger partial charge in [0.05, 0.1) is 0 Å². The van der Waals surface area contributed by atoms with Crippen molar-refractivity contribution in [2.45, 2.75) is 65.0 Å². The minimum Gasteiger partial charge on any atom is -0.269 e. The number of amidine groups is 1. The molecule has 7 aromatic rings. The maximum atomic E-state index is 14.2. The number of benzene rings is 6. The number of hydrogen-bond donors (Lipinski definition) is 0. The van der Waals surface area contributed by atoms with Gasteiger partial charge >= 0.3 is 0 Å². The SMILES string of the molecule is CCCCC1=Nc2ccccc2[N+]1(Cc1ccc(-c2ccccc2-c2nnnn2C(c2ccccc2)(c2ccccc2)c2ccccc2)cc1)N1C(=O)CC(C)(C)CC1=O. The summed E-state index contributed by atoms with van der Waals surface area (Å²) in [5, 5.41) is 15.4. The van der Waals surface area contributed by atoms with Gasteiger partial charge in [0, 0.05) is 36.5 Å². The van der Waals surface area contributed by atoms with Gasteiger partial charge in [-0.25, -0.2) is 4.68 Å². The van der Waals surface area contributed by atoms with Crippen molar-refractivity contribution >= 4 is 29.0 Å². The lowest BCUT2D eigenvalue weighted by Gasteiger charge is -2.45. The van der Waals surface area contributed by atoms with E-state index >= 15 is 0 Å². The van der Waals surface area contributed by atoms with Crippen molar-refractivity contribution in [3.8, 4) is 22.5 Å². The predicted molar refractivity (Wildman–Crippen MR) is 237 cm³/mol. The van der Waals surface area contributed by atoms with Crippen molar-refractivity contribution in [2.75, 3.05) is 0 Å². The highest BCUT2D eigenvalue weighted by Crippen LogP contribution is 2.48. The van der Waals surface area contributed by atoms with E-state index in [2.05, 4.69) is 121 Å². The number of nitrogens with zero attached hydrogens (tertiary/aromatic N) is 7. The van der Waals surface area contributed by atoms with Crippen LogP contribution in [0.4, 0.5) is 11.4 Å². The quantitative estimate of drug-likeness (QED) is 0.0698. The molecule has 3 heterocycles. The number of para-hydroxylation sites is 2. The van der Waals surface area contributed by atoms with Crippen LogP contribution in [0.15, 0.2) is 169 Å². The molecule has 60 heavy (non-hydrogen) atoms. The van der Waals surface area contributed by atoms with E-state index in [4.69, 9.17) is 15.3 Å². The summed E-state index contributed by atoms with van der Waals surface area (Å²) in [5.41, 5.74) is 7.20. The fourth-order valence-corrected chi connectivity index (χ4v) is 9.30. The lowest BCUT2D eigenvalue weighted by atomic mass is 9.77. The molecule has 0 aliphatic carbocycles. The molecule has 2 aliphatic rings. The third-order valence-electron chi connectivity index (χ3n) is 12.0. The number of fused-ring (bicyclic) bond motifs is 1. The Balaban J connectivity index is 1.15. The number of quaternary nitrogens is 1. The topological polar surface area (TPSA) is 93.3 Å². The molecule has 0 radical (unpaired) electrons. The first kappa shape index (κ1) is 38.7. The van der Waals surface area contributed by atoms with Crippen LogP contribution in [0.25, 0.3) is 22.5 Å². The van der Waals surface area contributed by atoms with Gasteiger partial charge in [-0.1, -0.05) is 179 Å². The van der Waals surface area contributed by atoms with Crippen LogP contribution in [0.3, 0.4) is 0 Å². The summed E-state index contributed by atoms with van der Waals surface area (Å²) in [7, 11) is 0. The minimum atomic E-state index is -0.904. The van der Waals surface area contributed by atoms with Gasteiger partial charge in [-0.3, -0.25) is 9.59 Å². The van der Waals surface area contributed by atoms with E-state index in [1.807, 2.05) is 73.1 Å². The molecule has 0 spiro atoms. The number of aliphatic imine (C=N–C) groups is 1. The molecule has 0 N–H and O–H groups in total. The van der Waals surface area contributed by atoms with Crippen molar-refractivity contribution in [2.24, 2.45) is 10.4 Å². The third kappa shape index (κ3) is 6.55. The fourth-order valence-electron chi connectivity index (χ4n) is 9.30. The molecular formula is C51H48N7O2+. The lowest BCUT2D eigenvalue weighted by molar-refractivity contribution is -0.165. The van der Waals surface area contributed by atoms with Gasteiger partial charge in [0.2, 0.25) is 5.84 Å². The van der Waals surface area contributed by atoms with E-state index in [0.29, 0.717) is 18.8 Å². The molecule has 0 saturated carbocycles. The average Bonchev–Trinajstić information content (AvgIpc) is 3.87. The van der Waals surface area contributed by atoms with Crippen LogP contribution >= 0.6 is 0 Å². The Bertz CT molecular complexity index is 2580. The molecule has 2 amide bonds. The van der Waals surface area contributed by atoms with Crippen molar-refractivity contribution in [3.05, 3.63) is 186 Å². The minimum absolute atomic E-state index is 0.0326. The van der Waals surface area contributed by atoms with Crippen LogP contribution in [0.1, 0.15) is 75.1 Å². The Morgan fingerprint density at radius 2 is 1.18 bits per heavy atom. The fraction of sp³-hybridized carbons (Fsp3) is 0.216. The molecule has 1 aromatic heterocycles. The number of unbranched alkanes of at least 4 members (excludes halogenated alkanes) is 1. The van der Waals surface area contributed by atoms with Gasteiger partial charge in [-0.2, -0.15) is 4.99 Å². The number of imide groups is 1. The molecule has 1 unspecified atom stereocenters. The van der Waals surface area contributed by atoms with Crippen LogP contribution in [-0.2, 0) is 21.7 Å². The number of carbonyl (C=O) groups is 2. The van der Waals surface area contributed by atoms with Crippen LogP contribution in [0.2, 0.25) is 0 Å². The first-order valence-electron chi connectivity index (χ1n) is 20.8. The molecule has 298 valence electrons. The number of amides is 2. The number of hydrogen-bond acceptors (Lipinski definition) is 6. The molecule has 1 saturated heterocycles. The summed E-state index contributed by atoms with van der Waals surface area (Å²) in [6, 6.07) is 55.8. The molecule has 9 nitrogen and oxygen atoms in total. The molecule has 2 aliphatic heterocycles. The molecule has 1 fully saturated rings. The van der Waals surface area contributed by atoms with E-state index in [9.17, 15) is 9.59 Å². The van der Waals surface area contributed by atoms with E-state index in [-0.39, 0.29) is 29.2 Å². The zero-order chi connectivity index (χ0) is 41.3. The number of tetrazole rings is 1. The number of carbonyl (C=O) groups excluding carboxylic acids is 2. The van der Waals surface area contributed by atoms with Gasteiger partial charge in [0.1, 0.15) is 17.8 Å². The standard InChI is InChI=1S/C51H48N7O2/c1-4-5-29-46-52-44-27-17-18-28-45(44)58(46,56-47(59)34-50(2,3)35-48(56)60)36-37-30-32-38(33-31-37)42-25-15-16-26-43(42)49-53-54-55-57(49)51(39-19-9-6-10-20-39,40-21-11-7-12-22-40)41-23-13-8-14-24-41/h6-28,30-33H,4-5,29,34-36H2,1-3H3/q+1. The molecule has 9 heteroatoms. The molecule has 9 rings (SSSR count). The van der Waals surface area contributed by atoms with Gasteiger partial charge < -0.3 is 0 Å². The molecule has 6 aromatic carbocycles. The third-order valence-corrected chi connectivity index (χ3v) is 12.0. The van der Waals surface area contributed by atoms with Crippen molar-refractivity contribution in [3.63, 3.8) is 0 Å². The van der Waals surface area contributed by atoms with Gasteiger partial charge in [0.25, 0.3) is 11.8 Å². The van der Waals surface area contributed by atoms with Crippen LogP contribution in [0.5, 0.6) is 0 Å². The lowest BCUT2D eigenvalue weighted by Crippen LogP contribution is -2.69. The smallest absolute Gasteiger partial charge is 0.269 e. The van der Waals surface area contributed by atoms with Crippen molar-refractivity contribution in [1.82, 2.24) is 29.8 Å². The molecule has 1 atom stereocenters. The highest BCUT2D eigenvalue weighted by atomic mass is 16.2. The summed E-state index contributed by atoms with van der Waals surface area (Å²) in [6.45, 7) is 6.51. The van der Waals surface area contributed by atoms with Crippen molar-refractivity contribution in [1.29, 1.82) is 0 Å². The highest BCUT2D eigenvalue weighted by molar-refractivity contribution is 6.09. The Hall–Kier alpha value is -6.84. The van der Waals surface area contributed by atoms with Gasteiger partial charge in [-0.05, 0) is 56.1 Å². The van der Waals surface area contributed by atoms with E-state index in [1.54, 1.807) is 0 Å². The van der Waals surface area contributed by atoms with Crippen LogP contribution < -0.4 is 4.59 Å². The largest absolute Gasteiger partial charge is 0.277 e. The monoisotopic (exact) mass is 790 g/mol. The number of aromatic nitrogens is 4. The Morgan fingerprint density at radius 3 is 1.77 bits per heavy atom. The zero-order valence-electron chi connectivity index (χ0n) is 34.3. The summed E-state index contributed by atoms with van der Waals surface area (Å²) < 4.78 is 1.93. The summed E-state index contributed by atoms with van der Waals surface area (Å²) in [5.74, 6) is 1.10. The highest BCUT2D eigenvalue weighted by Gasteiger charge is 2.57. The van der Waals surface area contributed by atoms with E-state index in [0.717, 1.165) is 69.0 Å². The first-order valence-corrected chi connectivity index (χ1v) is 20.8. The predicted octanol–water partition coefficient (Wildman–Crippen LogP) is 10.7. The van der Waals surface area contributed by atoms with Crippen LogP contribution in [0, 0.1) is 5.41 Å². The summed E-state index contributed by atoms with van der Waals surface area (Å²) in [6.07, 6.45) is 3.10. The second-order valence-corrected chi connectivity index (χ2v) is 16.6. The summed E-state index contributed by atoms with van der Waals surface area (Å²) in [4.78, 5) is 33.6. The number of rotatable bonds is 12. The Morgan fingerprint density at radius 1 is 0.650 bits per heavy atom. The van der Waals surface area contributed by atoms with E-state index < -0.39 is 11.0 Å². The van der Waals surface area contributed by atoms with Gasteiger partial charge in [-0.15, -0.1) is 14.7 Å². The second kappa shape index (κ2) is 15.7. The molecule has 0 bridgehead atoms. The van der Waals surface area contributed by atoms with Gasteiger partial charge in [0.15, 0.2) is 11.5 Å². The first-order chi connectivity index (χ1) is 29.3. The van der Waals surface area contributed by atoms with Crippen molar-refractivity contribution < 1.29 is 9.59 Å².